The van der Waals surface area contributed by atoms with E-state index in [1.807, 2.05) is 36.4 Å². The summed E-state index contributed by atoms with van der Waals surface area (Å²) in [7, 11) is -3.23. The van der Waals surface area contributed by atoms with Crippen molar-refractivity contribution in [1.29, 1.82) is 0 Å². The Bertz CT molecular complexity index is 573. The summed E-state index contributed by atoms with van der Waals surface area (Å²) in [6.07, 6.45) is 0. The molecule has 4 nitrogen and oxygen atoms in total. The van der Waals surface area contributed by atoms with Crippen LogP contribution in [0.2, 0.25) is 0 Å². The predicted octanol–water partition coefficient (Wildman–Crippen LogP) is 2.91. The van der Waals surface area contributed by atoms with Crippen molar-refractivity contribution in [3.05, 3.63) is 42.5 Å². The van der Waals surface area contributed by atoms with E-state index in [4.69, 9.17) is 9.47 Å². The van der Waals surface area contributed by atoms with Crippen molar-refractivity contribution in [3.8, 4) is 5.75 Å². The van der Waals surface area contributed by atoms with Gasteiger partial charge in [-0.05, 0) is 0 Å². The first-order valence-corrected chi connectivity index (χ1v) is 9.30. The molecule has 16 heavy (non-hydrogen) atoms. The molecule has 2 radical (unpaired) electrons. The Kier molecular flexibility index (Phi) is 2.75. The van der Waals surface area contributed by atoms with Gasteiger partial charge in [0.2, 0.25) is 0 Å². The fourth-order valence-corrected chi connectivity index (χ4v) is 5.36. The third-order valence-electron chi connectivity index (χ3n) is 2.26. The number of rotatable bonds is 2. The van der Waals surface area contributed by atoms with Crippen LogP contribution >= 0.6 is 7.82 Å². The summed E-state index contributed by atoms with van der Waals surface area (Å²) in [5.41, 5.74) is 0. The first kappa shape index (κ1) is 10.7. The van der Waals surface area contributed by atoms with Crippen molar-refractivity contribution in [3.63, 3.8) is 0 Å². The molecule has 0 spiro atoms. The molecule has 0 bridgehead atoms. The van der Waals surface area contributed by atoms with Gasteiger partial charge in [-0.15, -0.1) is 0 Å². The van der Waals surface area contributed by atoms with E-state index >= 15 is 0 Å². The Labute approximate surface area is 106 Å². The zero-order valence-corrected chi connectivity index (χ0v) is 12.9. The molecule has 0 unspecified atom stereocenters. The Hall–Kier alpha value is -0.428. The van der Waals surface area contributed by atoms with Gasteiger partial charge in [0, 0.05) is 0 Å². The summed E-state index contributed by atoms with van der Waals surface area (Å²) < 4.78 is 26.9. The van der Waals surface area contributed by atoms with Crippen molar-refractivity contribution in [2.24, 2.45) is 0 Å². The fraction of sp³-hybridized carbons (Fsp3) is 0. The third kappa shape index (κ3) is 1.90. The zero-order chi connectivity index (χ0) is 11.0. The average molecular weight is 429 g/mol. The molecule has 0 aliphatic carbocycles. The van der Waals surface area contributed by atoms with Gasteiger partial charge in [0.15, 0.2) is 0 Å². The summed E-state index contributed by atoms with van der Waals surface area (Å²) in [4.78, 5) is 0. The van der Waals surface area contributed by atoms with Crippen LogP contribution in [0.15, 0.2) is 42.5 Å². The van der Waals surface area contributed by atoms with Crippen LogP contribution in [-0.2, 0) is 9.51 Å². The molecule has 1 heterocycles. The molecule has 0 saturated carbocycles. The van der Waals surface area contributed by atoms with Crippen LogP contribution in [0.4, 0.5) is 0 Å². The SMILES string of the molecule is O=P1(Oc2cccc3ccccc23)[O][Pb][O]1. The molecule has 1 aliphatic rings. The van der Waals surface area contributed by atoms with Crippen molar-refractivity contribution >= 4 is 43.7 Å². The fourth-order valence-electron chi connectivity index (χ4n) is 1.53. The van der Waals surface area contributed by atoms with Gasteiger partial charge in [0.25, 0.3) is 0 Å². The summed E-state index contributed by atoms with van der Waals surface area (Å²) in [5, 5.41) is 1.95. The van der Waals surface area contributed by atoms with Gasteiger partial charge in [-0.2, -0.15) is 0 Å². The molecule has 0 amide bonds. The summed E-state index contributed by atoms with van der Waals surface area (Å²) in [6.45, 7) is 0. The Morgan fingerprint density at radius 1 is 1.06 bits per heavy atom. The minimum absolute atomic E-state index is 0.546. The van der Waals surface area contributed by atoms with E-state index in [0.29, 0.717) is 5.75 Å². The normalized spacial score (nSPS) is 18.0. The minimum atomic E-state index is -3.23. The van der Waals surface area contributed by atoms with Crippen LogP contribution < -0.4 is 4.52 Å². The first-order valence-electron chi connectivity index (χ1n) is 4.66. The van der Waals surface area contributed by atoms with Crippen LogP contribution in [0.25, 0.3) is 10.8 Å². The molecule has 3 rings (SSSR count). The molecule has 6 heteroatoms. The van der Waals surface area contributed by atoms with Gasteiger partial charge in [-0.3, -0.25) is 0 Å². The van der Waals surface area contributed by atoms with E-state index in [0.717, 1.165) is 10.8 Å². The van der Waals surface area contributed by atoms with Crippen LogP contribution in [0.5, 0.6) is 5.75 Å². The predicted molar refractivity (Wildman–Crippen MR) is 60.1 cm³/mol. The van der Waals surface area contributed by atoms with Crippen LogP contribution in [0, 0.1) is 0 Å². The monoisotopic (exact) mass is 430 g/mol. The van der Waals surface area contributed by atoms with E-state index in [2.05, 4.69) is 0 Å². The Morgan fingerprint density at radius 2 is 1.81 bits per heavy atom. The third-order valence-corrected chi connectivity index (χ3v) is 10.2. The quantitative estimate of drug-likeness (QED) is 0.544. The van der Waals surface area contributed by atoms with Gasteiger partial charge in [-0.25, -0.2) is 0 Å². The van der Waals surface area contributed by atoms with Gasteiger partial charge in [-0.1, -0.05) is 0 Å². The second-order valence-corrected chi connectivity index (χ2v) is 9.63. The van der Waals surface area contributed by atoms with E-state index in [1.165, 1.54) is 0 Å². The van der Waals surface area contributed by atoms with E-state index < -0.39 is 33.0 Å². The zero-order valence-electron chi connectivity index (χ0n) is 8.12. The van der Waals surface area contributed by atoms with Gasteiger partial charge >= 0.3 is 106 Å². The summed E-state index contributed by atoms with van der Waals surface area (Å²) in [6, 6.07) is 13.3. The summed E-state index contributed by atoms with van der Waals surface area (Å²) in [5.74, 6) is 0.546. The van der Waals surface area contributed by atoms with Gasteiger partial charge in [0.05, 0.1) is 0 Å². The second kappa shape index (κ2) is 4.10. The van der Waals surface area contributed by atoms with Crippen molar-refractivity contribution in [2.75, 3.05) is 0 Å². The van der Waals surface area contributed by atoms with Gasteiger partial charge < -0.3 is 0 Å². The van der Waals surface area contributed by atoms with Crippen LogP contribution in [-0.4, -0.2) is 25.1 Å². The molecule has 0 aromatic heterocycles. The average Bonchev–Trinajstić information content (AvgIpc) is 2.27. The van der Waals surface area contributed by atoms with E-state index in [9.17, 15) is 4.57 Å². The van der Waals surface area contributed by atoms with E-state index in [-0.39, 0.29) is 0 Å². The molecule has 2 aromatic rings. The number of benzene rings is 2. The van der Waals surface area contributed by atoms with Crippen LogP contribution in [0.3, 0.4) is 0 Å². The Morgan fingerprint density at radius 3 is 2.56 bits per heavy atom. The van der Waals surface area contributed by atoms with Crippen molar-refractivity contribution in [1.82, 2.24) is 0 Å². The second-order valence-electron chi connectivity index (χ2n) is 3.28. The topological polar surface area (TPSA) is 44.8 Å². The molecule has 1 saturated heterocycles. The standard InChI is InChI=1S/C10H9O4P.Pb/c11-15(12,13)14-10-7-3-5-8-4-1-2-6-9(8)10;/h1-7H,(H2,11,12,13);/q;+2/p-2. The molecular weight excluding hydrogens is 422 g/mol. The van der Waals surface area contributed by atoms with Crippen molar-refractivity contribution < 1.29 is 14.0 Å². The molecule has 1 aliphatic heterocycles. The van der Waals surface area contributed by atoms with Crippen molar-refractivity contribution in [2.45, 2.75) is 0 Å². The van der Waals surface area contributed by atoms with E-state index in [1.54, 1.807) is 6.07 Å². The maximum atomic E-state index is 11.7. The van der Waals surface area contributed by atoms with Crippen LogP contribution in [0.1, 0.15) is 0 Å². The molecule has 0 atom stereocenters. The molecule has 1 fully saturated rings. The van der Waals surface area contributed by atoms with Gasteiger partial charge in [0.1, 0.15) is 0 Å². The maximum absolute atomic E-state index is 11.7. The molecular formula is C10H7O4PPb. The number of fused-ring (bicyclic) bond motifs is 1. The number of hydrogen-bond donors (Lipinski definition) is 0. The summed E-state index contributed by atoms with van der Waals surface area (Å²) >= 11 is -1.49. The molecule has 80 valence electrons. The number of hydrogen-bond acceptors (Lipinski definition) is 4. The first-order chi connectivity index (χ1) is 7.77. The molecule has 2 aromatic carbocycles. The number of phosphoric acid groups is 1. The molecule has 0 N–H and O–H groups in total. The Balaban J connectivity index is 2.06.